The molecule has 0 spiro atoms. The molecule has 1 heterocycles. The van der Waals surface area contributed by atoms with E-state index in [0.29, 0.717) is 6.54 Å². The highest BCUT2D eigenvalue weighted by molar-refractivity contribution is 14.0. The molecule has 1 aromatic rings. The quantitative estimate of drug-likeness (QED) is 0.290. The molecular weight excluding hydrogens is 465 g/mol. The first kappa shape index (κ1) is 24.7. The zero-order valence-corrected chi connectivity index (χ0v) is 19.8. The second-order valence-corrected chi connectivity index (χ2v) is 7.25. The van der Waals surface area contributed by atoms with Crippen LogP contribution in [0.2, 0.25) is 0 Å². The average Bonchev–Trinajstić information content (AvgIpc) is 2.71. The van der Waals surface area contributed by atoms with Gasteiger partial charge in [-0.15, -0.1) is 24.0 Å². The van der Waals surface area contributed by atoms with Gasteiger partial charge in [0, 0.05) is 38.3 Å². The molecule has 1 saturated heterocycles. The molecule has 1 amide bonds. The number of hydrogen-bond acceptors (Lipinski definition) is 3. The molecule has 6 nitrogen and oxygen atoms in total. The molecule has 0 bridgehead atoms. The monoisotopic (exact) mass is 501 g/mol. The van der Waals surface area contributed by atoms with Crippen molar-refractivity contribution in [2.24, 2.45) is 10.9 Å². The van der Waals surface area contributed by atoms with Crippen molar-refractivity contribution in [2.45, 2.75) is 46.1 Å². The summed E-state index contributed by atoms with van der Waals surface area (Å²) in [7, 11) is 1.79. The first-order chi connectivity index (χ1) is 13.1. The van der Waals surface area contributed by atoms with Crippen LogP contribution >= 0.6 is 24.0 Å². The minimum atomic E-state index is 0. The van der Waals surface area contributed by atoms with Crippen molar-refractivity contribution >= 4 is 41.5 Å². The smallest absolute Gasteiger partial charge is 0.227 e. The van der Waals surface area contributed by atoms with Gasteiger partial charge < -0.3 is 20.9 Å². The maximum Gasteiger partial charge on any atom is 0.227 e. The molecule has 1 aliphatic rings. The van der Waals surface area contributed by atoms with Crippen molar-refractivity contribution in [2.75, 3.05) is 38.5 Å². The van der Waals surface area contributed by atoms with Gasteiger partial charge in [-0.2, -0.15) is 0 Å². The normalized spacial score (nSPS) is 16.0. The van der Waals surface area contributed by atoms with Gasteiger partial charge in [-0.3, -0.25) is 9.79 Å². The molecule has 28 heavy (non-hydrogen) atoms. The van der Waals surface area contributed by atoms with Crippen molar-refractivity contribution in [1.29, 1.82) is 0 Å². The Morgan fingerprint density at radius 2 is 1.96 bits per heavy atom. The highest BCUT2D eigenvalue weighted by Crippen LogP contribution is 2.13. The van der Waals surface area contributed by atoms with E-state index in [1.165, 1.54) is 32.4 Å². The van der Waals surface area contributed by atoms with Crippen molar-refractivity contribution in [3.05, 3.63) is 29.8 Å². The Hall–Kier alpha value is -1.35. The number of rotatable bonds is 8. The minimum absolute atomic E-state index is 0. The van der Waals surface area contributed by atoms with E-state index in [1.54, 1.807) is 7.05 Å². The number of hydrogen-bond donors (Lipinski definition) is 3. The number of amides is 1. The Morgan fingerprint density at radius 1 is 1.21 bits per heavy atom. The van der Waals surface area contributed by atoms with Gasteiger partial charge in [-0.05, 0) is 50.0 Å². The number of guanidine groups is 1. The van der Waals surface area contributed by atoms with Crippen LogP contribution in [-0.2, 0) is 11.3 Å². The Morgan fingerprint density at radius 3 is 2.64 bits per heavy atom. The molecule has 7 heteroatoms. The number of anilines is 1. The van der Waals surface area contributed by atoms with Crippen LogP contribution in [0.5, 0.6) is 0 Å². The molecule has 1 fully saturated rings. The maximum absolute atomic E-state index is 12.1. The number of halogens is 1. The fourth-order valence-corrected chi connectivity index (χ4v) is 3.13. The molecule has 1 aliphatic heterocycles. The first-order valence-electron chi connectivity index (χ1n) is 10.2. The summed E-state index contributed by atoms with van der Waals surface area (Å²) in [5.74, 6) is 0.897. The summed E-state index contributed by atoms with van der Waals surface area (Å²) in [5, 5.41) is 9.72. The molecule has 158 valence electrons. The lowest BCUT2D eigenvalue weighted by molar-refractivity contribution is -0.119. The number of benzene rings is 1. The highest BCUT2D eigenvalue weighted by Gasteiger charge is 2.11. The standard InChI is InChI=1S/C21H35N5O.HI/c1-4-17(2)20(27)25-19-10-8-9-18(15-19)16-24-21(22-3)23-11-14-26-12-6-5-7-13-26;/h8-10,15,17H,4-7,11-14,16H2,1-3H3,(H,25,27)(H2,22,23,24);1H. The molecule has 1 atom stereocenters. The van der Waals surface area contributed by atoms with Gasteiger partial charge in [0.25, 0.3) is 0 Å². The maximum atomic E-state index is 12.1. The van der Waals surface area contributed by atoms with Crippen LogP contribution in [0.4, 0.5) is 5.69 Å². The number of aliphatic imine (C=N–C) groups is 1. The zero-order valence-electron chi connectivity index (χ0n) is 17.5. The third kappa shape index (κ3) is 8.77. The number of nitrogens with zero attached hydrogens (tertiary/aromatic N) is 2. The van der Waals surface area contributed by atoms with Crippen LogP contribution < -0.4 is 16.0 Å². The van der Waals surface area contributed by atoms with Crippen LogP contribution in [0, 0.1) is 5.92 Å². The van der Waals surface area contributed by atoms with E-state index in [0.717, 1.165) is 36.7 Å². The molecule has 0 aliphatic carbocycles. The van der Waals surface area contributed by atoms with Crippen molar-refractivity contribution in [3.8, 4) is 0 Å². The van der Waals surface area contributed by atoms with Gasteiger partial charge in [0.1, 0.15) is 0 Å². The van der Waals surface area contributed by atoms with Crippen LogP contribution in [0.3, 0.4) is 0 Å². The van der Waals surface area contributed by atoms with Gasteiger partial charge in [-0.1, -0.05) is 32.4 Å². The van der Waals surface area contributed by atoms with Gasteiger partial charge >= 0.3 is 0 Å². The van der Waals surface area contributed by atoms with E-state index >= 15 is 0 Å². The predicted octanol–water partition coefficient (Wildman–Crippen LogP) is 3.44. The van der Waals surface area contributed by atoms with Crippen molar-refractivity contribution in [1.82, 2.24) is 15.5 Å². The second kappa shape index (κ2) is 13.8. The van der Waals surface area contributed by atoms with Crippen LogP contribution in [0.1, 0.15) is 45.1 Å². The van der Waals surface area contributed by atoms with E-state index in [9.17, 15) is 4.79 Å². The lowest BCUT2D eigenvalue weighted by Gasteiger charge is -2.26. The molecular formula is C21H36IN5O. The molecule has 0 saturated carbocycles. The number of likely N-dealkylation sites (tertiary alicyclic amines) is 1. The summed E-state index contributed by atoms with van der Waals surface area (Å²) in [6.45, 7) is 9.00. The van der Waals surface area contributed by atoms with Crippen LogP contribution in [0.25, 0.3) is 0 Å². The third-order valence-electron chi connectivity index (χ3n) is 5.11. The third-order valence-corrected chi connectivity index (χ3v) is 5.11. The van der Waals surface area contributed by atoms with E-state index in [-0.39, 0.29) is 35.8 Å². The molecule has 0 aromatic heterocycles. The Kier molecular flexibility index (Phi) is 12.1. The molecule has 1 unspecified atom stereocenters. The lowest BCUT2D eigenvalue weighted by atomic mass is 10.1. The van der Waals surface area contributed by atoms with Gasteiger partial charge in [0.05, 0.1) is 0 Å². The van der Waals surface area contributed by atoms with Crippen LogP contribution in [0.15, 0.2) is 29.3 Å². The van der Waals surface area contributed by atoms with Gasteiger partial charge in [0.2, 0.25) is 5.91 Å². The average molecular weight is 501 g/mol. The Balaban J connectivity index is 0.00000392. The SMILES string of the molecule is CCC(C)C(=O)Nc1cccc(CNC(=NC)NCCN2CCCCC2)c1.I. The van der Waals surface area contributed by atoms with Crippen molar-refractivity contribution < 1.29 is 4.79 Å². The summed E-state index contributed by atoms with van der Waals surface area (Å²) in [6, 6.07) is 7.95. The zero-order chi connectivity index (χ0) is 19.5. The fourth-order valence-electron chi connectivity index (χ4n) is 3.13. The molecule has 2 rings (SSSR count). The fraction of sp³-hybridized carbons (Fsp3) is 0.619. The van der Waals surface area contributed by atoms with E-state index < -0.39 is 0 Å². The molecule has 1 aromatic carbocycles. The Bertz CT molecular complexity index is 617. The number of nitrogens with one attached hydrogen (secondary N) is 3. The molecule has 0 radical (unpaired) electrons. The highest BCUT2D eigenvalue weighted by atomic mass is 127. The van der Waals surface area contributed by atoms with Crippen molar-refractivity contribution in [3.63, 3.8) is 0 Å². The molecule has 3 N–H and O–H groups in total. The van der Waals surface area contributed by atoms with E-state index in [4.69, 9.17) is 0 Å². The number of carbonyl (C=O) groups is 1. The summed E-state index contributed by atoms with van der Waals surface area (Å²) >= 11 is 0. The number of carbonyl (C=O) groups excluding carboxylic acids is 1. The number of piperidine rings is 1. The van der Waals surface area contributed by atoms with Gasteiger partial charge in [0.15, 0.2) is 5.96 Å². The van der Waals surface area contributed by atoms with Gasteiger partial charge in [-0.25, -0.2) is 0 Å². The minimum Gasteiger partial charge on any atom is -0.355 e. The van der Waals surface area contributed by atoms with E-state index in [2.05, 4.69) is 25.8 Å². The lowest BCUT2D eigenvalue weighted by Crippen LogP contribution is -2.42. The second-order valence-electron chi connectivity index (χ2n) is 7.25. The predicted molar refractivity (Wildman–Crippen MR) is 128 cm³/mol. The summed E-state index contributed by atoms with van der Waals surface area (Å²) < 4.78 is 0. The topological polar surface area (TPSA) is 68.8 Å². The first-order valence-corrected chi connectivity index (χ1v) is 10.2. The summed E-state index contributed by atoms with van der Waals surface area (Å²) in [6.07, 6.45) is 4.84. The summed E-state index contributed by atoms with van der Waals surface area (Å²) in [4.78, 5) is 18.9. The van der Waals surface area contributed by atoms with Crippen LogP contribution in [-0.4, -0.2) is 50.0 Å². The Labute approximate surface area is 187 Å². The summed E-state index contributed by atoms with van der Waals surface area (Å²) in [5.41, 5.74) is 1.95. The largest absolute Gasteiger partial charge is 0.355 e. The van der Waals surface area contributed by atoms with E-state index in [1.807, 2.05) is 38.1 Å².